The number of nitrogens with one attached hydrogen (secondary N) is 3. The summed E-state index contributed by atoms with van der Waals surface area (Å²) in [5, 5.41) is 16.9. The first-order chi connectivity index (χ1) is 28.6. The van der Waals surface area contributed by atoms with Gasteiger partial charge in [-0.2, -0.15) is 0 Å². The van der Waals surface area contributed by atoms with Crippen molar-refractivity contribution in [1.29, 1.82) is 0 Å². The minimum atomic E-state index is -0.399. The lowest BCUT2D eigenvalue weighted by Gasteiger charge is -2.36. The molecule has 1 fully saturated rings. The molecule has 1 amide bonds. The van der Waals surface area contributed by atoms with Crippen LogP contribution >= 0.6 is 23.5 Å². The molecule has 0 spiro atoms. The number of pyridine rings is 1. The minimum Gasteiger partial charge on any atom is -0.455 e. The maximum Gasteiger partial charge on any atom is 0.293 e. The van der Waals surface area contributed by atoms with Crippen LogP contribution < -0.4 is 14.8 Å². The van der Waals surface area contributed by atoms with Crippen molar-refractivity contribution in [3.8, 4) is 11.5 Å². The smallest absolute Gasteiger partial charge is 0.293 e. The SMILES string of the molecule is CC1(C)CCC(CN2CC=C(c3ccc(C(=O)NSc4ccc(NCC5CCOCC5)c([N+](=O)[O-])c4)c(Oc4cnc5[nH]ccc5c4)c3)CC2)=C(c2ccc(Cl)cc2)C1. The maximum atomic E-state index is 13.8. The van der Waals surface area contributed by atoms with E-state index in [9.17, 15) is 14.9 Å². The van der Waals surface area contributed by atoms with Gasteiger partial charge < -0.3 is 19.8 Å². The fraction of sp³-hybridized carbons (Fsp3) is 0.348. The number of carbonyl (C=O) groups excluding carboxylic acids is 1. The minimum absolute atomic E-state index is 0.0435. The number of nitro benzene ring substituents is 1. The Bertz CT molecular complexity index is 2400. The first kappa shape index (κ1) is 40.6. The molecule has 306 valence electrons. The molecule has 0 saturated carbocycles. The van der Waals surface area contributed by atoms with Crippen LogP contribution in [0.5, 0.6) is 11.5 Å². The van der Waals surface area contributed by atoms with Crippen LogP contribution in [0.25, 0.3) is 22.2 Å². The Morgan fingerprint density at radius 2 is 1.88 bits per heavy atom. The summed E-state index contributed by atoms with van der Waals surface area (Å²) in [7, 11) is 0. The second kappa shape index (κ2) is 18.0. The molecule has 1 aliphatic carbocycles. The zero-order chi connectivity index (χ0) is 40.9. The van der Waals surface area contributed by atoms with Gasteiger partial charge in [-0.05, 0) is 133 Å². The van der Waals surface area contributed by atoms with Crippen LogP contribution in [-0.2, 0) is 4.74 Å². The van der Waals surface area contributed by atoms with E-state index in [4.69, 9.17) is 21.1 Å². The highest BCUT2D eigenvalue weighted by Crippen LogP contribution is 2.44. The molecule has 3 aromatic carbocycles. The van der Waals surface area contributed by atoms with Crippen LogP contribution in [0.3, 0.4) is 0 Å². The Balaban J connectivity index is 0.991. The highest BCUT2D eigenvalue weighted by molar-refractivity contribution is 7.98. The molecule has 0 radical (unpaired) electrons. The summed E-state index contributed by atoms with van der Waals surface area (Å²) >= 11 is 7.28. The van der Waals surface area contributed by atoms with Gasteiger partial charge in [0.25, 0.3) is 11.6 Å². The van der Waals surface area contributed by atoms with Gasteiger partial charge in [-0.15, -0.1) is 0 Å². The number of benzene rings is 3. The van der Waals surface area contributed by atoms with E-state index in [-0.39, 0.29) is 17.0 Å². The second-order valence-electron chi connectivity index (χ2n) is 16.4. The van der Waals surface area contributed by atoms with Crippen LogP contribution in [-0.4, -0.2) is 65.1 Å². The number of nitro groups is 1. The van der Waals surface area contributed by atoms with Gasteiger partial charge in [0, 0.05) is 67.0 Å². The van der Waals surface area contributed by atoms with E-state index >= 15 is 0 Å². The molecule has 2 aromatic heterocycles. The molecule has 2 aliphatic heterocycles. The van der Waals surface area contributed by atoms with Crippen molar-refractivity contribution in [3.05, 3.63) is 129 Å². The Labute approximate surface area is 353 Å². The molecule has 0 unspecified atom stereocenters. The fourth-order valence-corrected chi connectivity index (χ4v) is 8.94. The van der Waals surface area contributed by atoms with Crippen LogP contribution in [0.1, 0.15) is 73.9 Å². The highest BCUT2D eigenvalue weighted by atomic mass is 35.5. The van der Waals surface area contributed by atoms with Gasteiger partial charge in [0.1, 0.15) is 22.8 Å². The lowest BCUT2D eigenvalue weighted by Crippen LogP contribution is -2.32. The van der Waals surface area contributed by atoms with Crippen molar-refractivity contribution in [2.75, 3.05) is 44.7 Å². The summed E-state index contributed by atoms with van der Waals surface area (Å²) < 4.78 is 14.8. The van der Waals surface area contributed by atoms with E-state index in [1.807, 2.05) is 42.6 Å². The van der Waals surface area contributed by atoms with Crippen LogP contribution in [0.15, 0.2) is 102 Å². The van der Waals surface area contributed by atoms with Crippen molar-refractivity contribution < 1.29 is 19.2 Å². The zero-order valence-electron chi connectivity index (χ0n) is 33.4. The number of carbonyl (C=O) groups is 1. The van der Waals surface area contributed by atoms with E-state index in [0.717, 1.165) is 85.3 Å². The number of rotatable bonds is 13. The molecule has 59 heavy (non-hydrogen) atoms. The molecule has 0 atom stereocenters. The van der Waals surface area contributed by atoms with Crippen LogP contribution in [0, 0.1) is 21.4 Å². The Morgan fingerprint density at radius 3 is 2.66 bits per heavy atom. The second-order valence-corrected chi connectivity index (χ2v) is 17.8. The van der Waals surface area contributed by atoms with Crippen molar-refractivity contribution in [1.82, 2.24) is 19.6 Å². The fourth-order valence-electron chi connectivity index (χ4n) is 8.19. The third kappa shape index (κ3) is 10.0. The maximum absolute atomic E-state index is 13.8. The number of hydrogen-bond acceptors (Lipinski definition) is 9. The van der Waals surface area contributed by atoms with Crippen LogP contribution in [0.4, 0.5) is 11.4 Å². The molecular formula is C46H49ClN6O5S. The number of amides is 1. The topological polar surface area (TPSA) is 135 Å². The lowest BCUT2D eigenvalue weighted by atomic mass is 9.72. The largest absolute Gasteiger partial charge is 0.455 e. The number of allylic oxidation sites excluding steroid dienone is 1. The Hall–Kier alpha value is -5.14. The number of aromatic amines is 1. The summed E-state index contributed by atoms with van der Waals surface area (Å²) in [6.45, 7) is 9.42. The molecule has 1 saturated heterocycles. The van der Waals surface area contributed by atoms with Gasteiger partial charge >= 0.3 is 0 Å². The summed E-state index contributed by atoms with van der Waals surface area (Å²) in [4.78, 5) is 36.1. The predicted octanol–water partition coefficient (Wildman–Crippen LogP) is 10.9. The van der Waals surface area contributed by atoms with Crippen molar-refractivity contribution in [2.24, 2.45) is 11.3 Å². The van der Waals surface area contributed by atoms with Crippen molar-refractivity contribution in [2.45, 2.75) is 57.3 Å². The monoisotopic (exact) mass is 832 g/mol. The Kier molecular flexibility index (Phi) is 12.4. The summed E-state index contributed by atoms with van der Waals surface area (Å²) in [5.41, 5.74) is 8.14. The number of ether oxygens (including phenoxy) is 2. The molecule has 4 heterocycles. The Morgan fingerprint density at radius 1 is 1.07 bits per heavy atom. The molecule has 13 heteroatoms. The molecule has 8 rings (SSSR count). The van der Waals surface area contributed by atoms with Crippen LogP contribution in [0.2, 0.25) is 5.02 Å². The normalized spacial score (nSPS) is 17.4. The third-order valence-corrected chi connectivity index (χ3v) is 12.7. The first-order valence-electron chi connectivity index (χ1n) is 20.3. The molecule has 11 nitrogen and oxygen atoms in total. The average molecular weight is 833 g/mol. The first-order valence-corrected chi connectivity index (χ1v) is 21.5. The summed E-state index contributed by atoms with van der Waals surface area (Å²) in [6.07, 6.45) is 11.7. The van der Waals surface area contributed by atoms with Gasteiger partial charge in [0.2, 0.25) is 0 Å². The van der Waals surface area contributed by atoms with Gasteiger partial charge in [-0.1, -0.05) is 55.3 Å². The number of aromatic nitrogens is 2. The number of halogens is 1. The van der Waals surface area contributed by atoms with E-state index in [1.54, 1.807) is 24.4 Å². The third-order valence-electron chi connectivity index (χ3n) is 11.6. The number of hydrogen-bond donors (Lipinski definition) is 3. The summed E-state index contributed by atoms with van der Waals surface area (Å²) in [5.74, 6) is 0.901. The highest BCUT2D eigenvalue weighted by Gasteiger charge is 2.29. The van der Waals surface area contributed by atoms with E-state index in [1.165, 1.54) is 34.8 Å². The van der Waals surface area contributed by atoms with Gasteiger partial charge in [-0.3, -0.25) is 24.5 Å². The number of anilines is 1. The standard InChI is InChI=1S/C46H49ClN6O5S/c1-46(2)17-11-35(40(26-46)32-3-6-36(47)7-4-32)29-52-19-13-31(14-20-52)33-5-9-39(43(24-33)58-37-23-34-12-18-48-44(34)50-28-37)45(54)51-59-38-8-10-41(42(25-38)53(55)56)49-27-30-15-21-57-22-16-30/h3-10,12-13,18,23-25,28,30,49H,11,14-17,19-22,26-27,29H2,1-2H3,(H,48,50)(H,51,54). The average Bonchev–Trinajstić information content (AvgIpc) is 3.72. The van der Waals surface area contributed by atoms with Crippen molar-refractivity contribution >= 4 is 63.0 Å². The number of nitrogens with zero attached hydrogens (tertiary/aromatic N) is 3. The quantitative estimate of drug-likeness (QED) is 0.0602. The zero-order valence-corrected chi connectivity index (χ0v) is 35.0. The van der Waals surface area contributed by atoms with Crippen molar-refractivity contribution in [3.63, 3.8) is 0 Å². The van der Waals surface area contributed by atoms with E-state index in [0.29, 0.717) is 53.3 Å². The molecular weight excluding hydrogens is 784 g/mol. The summed E-state index contributed by atoms with van der Waals surface area (Å²) in [6, 6.07) is 22.7. The van der Waals surface area contributed by atoms with Gasteiger partial charge in [0.05, 0.1) is 16.7 Å². The number of fused-ring (bicyclic) bond motifs is 1. The van der Waals surface area contributed by atoms with Gasteiger partial charge in [-0.25, -0.2) is 4.98 Å². The molecule has 5 aromatic rings. The predicted molar refractivity (Wildman–Crippen MR) is 236 cm³/mol. The van der Waals surface area contributed by atoms with E-state index in [2.05, 4.69) is 57.0 Å². The van der Waals surface area contributed by atoms with E-state index < -0.39 is 4.92 Å². The molecule has 3 aliphatic rings. The lowest BCUT2D eigenvalue weighted by molar-refractivity contribution is -0.384. The molecule has 3 N–H and O–H groups in total. The van der Waals surface area contributed by atoms with Gasteiger partial charge in [0.15, 0.2) is 0 Å². The number of H-pyrrole nitrogens is 1. The molecule has 0 bridgehead atoms.